The van der Waals surface area contributed by atoms with Crippen LogP contribution in [0.2, 0.25) is 0 Å². The van der Waals surface area contributed by atoms with Crippen LogP contribution in [0.3, 0.4) is 0 Å². The third kappa shape index (κ3) is 2.98. The van der Waals surface area contributed by atoms with E-state index in [9.17, 15) is 9.59 Å². The first kappa shape index (κ1) is 17.9. The zero-order valence-electron chi connectivity index (χ0n) is 15.0. The van der Waals surface area contributed by atoms with Gasteiger partial charge in [-0.3, -0.25) is 14.6 Å². The molecule has 138 valence electrons. The Hall–Kier alpha value is -2.45. The zero-order chi connectivity index (χ0) is 19.0. The van der Waals surface area contributed by atoms with Crippen LogP contribution in [0.1, 0.15) is 30.8 Å². The molecule has 1 amide bonds. The smallest absolute Gasteiger partial charge is 0.291 e. The second-order valence-corrected chi connectivity index (χ2v) is 7.95. The van der Waals surface area contributed by atoms with Crippen LogP contribution in [-0.2, 0) is 4.79 Å². The van der Waals surface area contributed by atoms with Gasteiger partial charge in [0.25, 0.3) is 0 Å². The summed E-state index contributed by atoms with van der Waals surface area (Å²) < 4.78 is 1.70. The summed E-state index contributed by atoms with van der Waals surface area (Å²) in [5, 5.41) is 7.15. The first-order valence-electron chi connectivity index (χ1n) is 8.70. The van der Waals surface area contributed by atoms with Crippen molar-refractivity contribution in [1.29, 1.82) is 0 Å². The highest BCUT2D eigenvalue weighted by molar-refractivity contribution is 7.98. The molecule has 4 rings (SSSR count). The van der Waals surface area contributed by atoms with Gasteiger partial charge in [0.1, 0.15) is 0 Å². The van der Waals surface area contributed by atoms with Crippen molar-refractivity contribution < 1.29 is 9.48 Å². The van der Waals surface area contributed by atoms with E-state index >= 15 is 0 Å². The largest absolute Gasteiger partial charge is 0.325 e. The lowest BCUT2D eigenvalue weighted by atomic mass is 10.0. The number of amides is 1. The van der Waals surface area contributed by atoms with Crippen molar-refractivity contribution in [2.75, 3.05) is 11.2 Å². The van der Waals surface area contributed by atoms with Crippen molar-refractivity contribution in [3.8, 4) is 11.3 Å². The number of fused-ring (bicyclic) bond motifs is 3. The Labute approximate surface area is 164 Å². The number of hydrogen-bond donors (Lipinski definition) is 1. The van der Waals surface area contributed by atoms with Gasteiger partial charge in [-0.25, -0.2) is 4.90 Å². The fraction of sp³-hybridized carbons (Fsp3) is 0.263. The molecule has 6 nitrogen and oxygen atoms in total. The van der Waals surface area contributed by atoms with Crippen LogP contribution in [0.5, 0.6) is 0 Å². The minimum absolute atomic E-state index is 0.0225. The molecule has 1 aliphatic heterocycles. The van der Waals surface area contributed by atoms with Crippen molar-refractivity contribution >= 4 is 34.7 Å². The summed E-state index contributed by atoms with van der Waals surface area (Å²) in [4.78, 5) is 31.6. The van der Waals surface area contributed by atoms with Crippen LogP contribution >= 0.6 is 23.1 Å². The van der Waals surface area contributed by atoms with Gasteiger partial charge in [-0.15, -0.1) is 11.3 Å². The third-order valence-corrected chi connectivity index (χ3v) is 5.96. The van der Waals surface area contributed by atoms with Gasteiger partial charge in [0.15, 0.2) is 0 Å². The molecule has 0 saturated carbocycles. The number of para-hydroxylation sites is 1. The molecule has 27 heavy (non-hydrogen) atoms. The molecule has 0 fully saturated rings. The molecule has 0 unspecified atom stereocenters. The maximum atomic E-state index is 13.1. The summed E-state index contributed by atoms with van der Waals surface area (Å²) in [5.41, 5.74) is 1.74. The molecule has 1 aromatic carbocycles. The maximum absolute atomic E-state index is 13.1. The molecule has 3 aromatic rings. The Morgan fingerprint density at radius 3 is 2.85 bits per heavy atom. The lowest BCUT2D eigenvalue weighted by Gasteiger charge is -2.31. The van der Waals surface area contributed by atoms with Crippen molar-refractivity contribution in [2.45, 2.75) is 31.1 Å². The molecule has 0 radical (unpaired) electrons. The van der Waals surface area contributed by atoms with Gasteiger partial charge in [0, 0.05) is 11.5 Å². The third-order valence-electron chi connectivity index (χ3n) is 4.48. The topological polar surface area (TPSA) is 69.9 Å². The standard InChI is InChI=1S/C19H18N4O2S2/c1-3-7-15(24)22-13-9-5-4-8-12(13)16-17(25)20-19(26-2)21-23(16)18(22)14-10-6-11-27-14/h4-6,8-11,18H,3,7H2,1-2H3/p+1/t18-/m1/s1. The SMILES string of the molecule is CCCC(=O)N1c2ccccc2-c2c(=O)[nH]c(SC)n[n+]2[C@@H]1c1cccs1. The van der Waals surface area contributed by atoms with Gasteiger partial charge in [-0.05, 0) is 40.9 Å². The molecule has 2 aromatic heterocycles. The fourth-order valence-corrected chi connectivity index (χ4v) is 4.53. The highest BCUT2D eigenvalue weighted by Crippen LogP contribution is 2.38. The van der Waals surface area contributed by atoms with Crippen molar-refractivity contribution in [3.05, 3.63) is 57.0 Å². The number of nitrogens with one attached hydrogen (secondary N) is 1. The van der Waals surface area contributed by atoms with Crippen LogP contribution in [0.15, 0.2) is 51.7 Å². The fourth-order valence-electron chi connectivity index (χ4n) is 3.36. The second-order valence-electron chi connectivity index (χ2n) is 6.18. The van der Waals surface area contributed by atoms with E-state index in [2.05, 4.69) is 10.1 Å². The summed E-state index contributed by atoms with van der Waals surface area (Å²) in [6, 6.07) is 11.5. The second kappa shape index (κ2) is 7.28. The predicted molar refractivity (Wildman–Crippen MR) is 107 cm³/mol. The number of rotatable bonds is 4. The highest BCUT2D eigenvalue weighted by atomic mass is 32.2. The highest BCUT2D eigenvalue weighted by Gasteiger charge is 2.45. The van der Waals surface area contributed by atoms with Crippen LogP contribution in [0.4, 0.5) is 5.69 Å². The predicted octanol–water partition coefficient (Wildman–Crippen LogP) is 3.20. The summed E-state index contributed by atoms with van der Waals surface area (Å²) in [7, 11) is 0. The number of H-pyrrole nitrogens is 1. The van der Waals surface area contributed by atoms with E-state index in [1.807, 2.05) is 55.0 Å². The van der Waals surface area contributed by atoms with E-state index in [-0.39, 0.29) is 11.5 Å². The van der Waals surface area contributed by atoms with E-state index in [0.29, 0.717) is 17.3 Å². The number of aromatic nitrogens is 3. The lowest BCUT2D eigenvalue weighted by Crippen LogP contribution is -2.60. The molecule has 3 heterocycles. The summed E-state index contributed by atoms with van der Waals surface area (Å²) in [5.74, 6) is 0.0225. The number of thioether (sulfide) groups is 1. The maximum Gasteiger partial charge on any atom is 0.325 e. The molecule has 0 saturated heterocycles. The molecule has 0 aliphatic carbocycles. The van der Waals surface area contributed by atoms with Gasteiger partial charge in [-0.2, -0.15) is 0 Å². The van der Waals surface area contributed by atoms with Gasteiger partial charge in [0.05, 0.1) is 16.1 Å². The Kier molecular flexibility index (Phi) is 4.84. The molecule has 8 heteroatoms. The van der Waals surface area contributed by atoms with E-state index in [0.717, 1.165) is 22.5 Å². The number of benzene rings is 1. The lowest BCUT2D eigenvalue weighted by molar-refractivity contribution is -0.762. The minimum atomic E-state index is -0.470. The molecular weight excluding hydrogens is 380 g/mol. The quantitative estimate of drug-likeness (QED) is 0.540. The molecule has 0 bridgehead atoms. The van der Waals surface area contributed by atoms with E-state index in [1.54, 1.807) is 20.9 Å². The Bertz CT molecular complexity index is 1050. The van der Waals surface area contributed by atoms with Crippen molar-refractivity contribution in [1.82, 2.24) is 10.1 Å². The number of nitrogens with zero attached hydrogens (tertiary/aromatic N) is 3. The van der Waals surface area contributed by atoms with Crippen molar-refractivity contribution in [2.24, 2.45) is 0 Å². The zero-order valence-corrected chi connectivity index (χ0v) is 16.6. The first-order valence-corrected chi connectivity index (χ1v) is 10.8. The minimum Gasteiger partial charge on any atom is -0.291 e. The van der Waals surface area contributed by atoms with Gasteiger partial charge in [-0.1, -0.05) is 36.9 Å². The average molecular weight is 400 g/mol. The molecule has 1 aliphatic rings. The molecule has 0 spiro atoms. The number of carbonyl (C=O) groups is 1. The number of aromatic amines is 1. The van der Waals surface area contributed by atoms with Crippen LogP contribution in [-0.4, -0.2) is 22.2 Å². The molecule has 1 N–H and O–H groups in total. The van der Waals surface area contributed by atoms with E-state index in [4.69, 9.17) is 0 Å². The summed E-state index contributed by atoms with van der Waals surface area (Å²) in [6.45, 7) is 1.99. The average Bonchev–Trinajstić information content (AvgIpc) is 3.20. The van der Waals surface area contributed by atoms with Crippen LogP contribution in [0.25, 0.3) is 11.3 Å². The Morgan fingerprint density at radius 1 is 1.33 bits per heavy atom. The Morgan fingerprint density at radius 2 is 2.15 bits per heavy atom. The normalized spacial score (nSPS) is 15.3. The van der Waals surface area contributed by atoms with Crippen molar-refractivity contribution in [3.63, 3.8) is 0 Å². The first-order chi connectivity index (χ1) is 13.2. The summed E-state index contributed by atoms with van der Waals surface area (Å²) >= 11 is 2.92. The number of anilines is 1. The van der Waals surface area contributed by atoms with E-state index in [1.165, 1.54) is 11.8 Å². The number of carbonyl (C=O) groups excluding carboxylic acids is 1. The van der Waals surface area contributed by atoms with E-state index < -0.39 is 6.17 Å². The monoisotopic (exact) mass is 399 g/mol. The number of thiophene rings is 1. The van der Waals surface area contributed by atoms with Crippen LogP contribution < -0.4 is 15.1 Å². The summed E-state index contributed by atoms with van der Waals surface area (Å²) in [6.07, 6.45) is 2.58. The van der Waals surface area contributed by atoms with Gasteiger partial charge < -0.3 is 0 Å². The Balaban J connectivity index is 2.05. The van der Waals surface area contributed by atoms with Gasteiger partial charge >= 0.3 is 17.4 Å². The van der Waals surface area contributed by atoms with Gasteiger partial charge in [0.2, 0.25) is 11.1 Å². The van der Waals surface area contributed by atoms with Crippen LogP contribution in [0, 0.1) is 0 Å². The molecule has 1 atom stereocenters. The molecular formula is C19H19N4O2S2+. The number of hydrogen-bond acceptors (Lipinski definition) is 5.